The minimum Gasteiger partial charge on any atom is 0 e. The van der Waals surface area contributed by atoms with E-state index in [-0.39, 0.29) is 17.1 Å². The van der Waals surface area contributed by atoms with Crippen molar-refractivity contribution in [3.63, 3.8) is 0 Å². The van der Waals surface area contributed by atoms with E-state index in [9.17, 15) is 9.59 Å². The van der Waals surface area contributed by atoms with Crippen LogP contribution in [0.3, 0.4) is 0 Å². The first-order valence-corrected chi connectivity index (χ1v) is 5.51. The first-order valence-electron chi connectivity index (χ1n) is 5.51. The molecule has 0 aromatic carbocycles. The van der Waals surface area contributed by atoms with Gasteiger partial charge >= 0.3 is 22.6 Å². The number of rotatable bonds is 4. The van der Waals surface area contributed by atoms with E-state index in [1.807, 2.05) is 26.0 Å². The number of carbonyl (C=O) groups is 3. The van der Waals surface area contributed by atoms with Crippen molar-refractivity contribution in [1.29, 1.82) is 0 Å². The average molecular weight is 348 g/mol. The molecule has 5 nitrogen and oxygen atoms in total. The minimum absolute atomic E-state index is 0. The summed E-state index contributed by atoms with van der Waals surface area (Å²) in [7, 11) is 0. The summed E-state index contributed by atoms with van der Waals surface area (Å²) in [6, 6.07) is 0. The van der Waals surface area contributed by atoms with Gasteiger partial charge in [-0.05, 0) is 32.9 Å². The van der Waals surface area contributed by atoms with Gasteiger partial charge in [-0.15, -0.1) is 0 Å². The molecule has 0 aliphatic carbocycles. The number of hydrogen-bond acceptors (Lipinski definition) is 3. The molecule has 0 aromatic rings. The largest absolute Gasteiger partial charge is 0 e. The third-order valence-corrected chi connectivity index (χ3v) is 0.986. The van der Waals surface area contributed by atoms with Gasteiger partial charge in [0.2, 0.25) is 0 Å². The maximum atomic E-state index is 9.56. The van der Waals surface area contributed by atoms with Gasteiger partial charge in [0.05, 0.1) is 0 Å². The summed E-state index contributed by atoms with van der Waals surface area (Å²) in [4.78, 5) is 27.9. The predicted molar refractivity (Wildman–Crippen MR) is 79.6 cm³/mol. The normalized spacial score (nSPS) is 7.77. The van der Waals surface area contributed by atoms with Crippen LogP contribution in [-0.4, -0.2) is 18.9 Å². The second kappa shape index (κ2) is 76.1. The maximum absolute atomic E-state index is 9.56. The number of carbonyl (C=O) groups excluding carboxylic acids is 3. The van der Waals surface area contributed by atoms with Gasteiger partial charge in [-0.2, -0.15) is 0 Å². The second-order valence-corrected chi connectivity index (χ2v) is 2.33. The smallest absolute Gasteiger partial charge is 0 e. The molecule has 0 radical (unpaired) electrons. The molecule has 22 heavy (non-hydrogen) atoms. The summed E-state index contributed by atoms with van der Waals surface area (Å²) in [6.45, 7) is 14.2. The van der Waals surface area contributed by atoms with E-state index >= 15 is 0 Å². The Balaban J connectivity index is -0.0000000402. The molecule has 0 spiro atoms. The SMILES string of the molecule is C/C=C/C=C/C=O.C/C=C/C=C/C=O.CC=O.[C-]#[O+].[C-]#[O+].[Fe]. The Bertz CT molecular complexity index is 318. The van der Waals surface area contributed by atoms with Crippen LogP contribution in [0.4, 0.5) is 0 Å². The van der Waals surface area contributed by atoms with E-state index in [1.165, 1.54) is 19.1 Å². The van der Waals surface area contributed by atoms with Crippen LogP contribution >= 0.6 is 0 Å². The standard InChI is InChI=1S/2C6H8O.C2H4O.2CO.Fe/c2*1-2-3-4-5-6-7;1-2-3;2*1-2;/h2*2-6H,1H3;2H,1H3;;;/b2*3-2+,5-4+;;;;. The molecule has 0 bridgehead atoms. The van der Waals surface area contributed by atoms with Crippen molar-refractivity contribution in [3.05, 3.63) is 61.9 Å². The van der Waals surface area contributed by atoms with Gasteiger partial charge in [0.15, 0.2) is 0 Å². The van der Waals surface area contributed by atoms with Crippen LogP contribution < -0.4 is 0 Å². The summed E-state index contributed by atoms with van der Waals surface area (Å²) in [5.74, 6) is 0. The van der Waals surface area contributed by atoms with Crippen molar-refractivity contribution >= 4 is 18.9 Å². The zero-order valence-corrected chi connectivity index (χ0v) is 13.8. The fraction of sp³-hybridized carbons (Fsp3) is 0.188. The van der Waals surface area contributed by atoms with Crippen molar-refractivity contribution in [1.82, 2.24) is 0 Å². The van der Waals surface area contributed by atoms with E-state index in [4.69, 9.17) is 14.1 Å². The van der Waals surface area contributed by atoms with Crippen molar-refractivity contribution < 1.29 is 40.8 Å². The Morgan fingerprint density at radius 3 is 0.955 bits per heavy atom. The number of hydrogen-bond donors (Lipinski definition) is 0. The summed E-state index contributed by atoms with van der Waals surface area (Å²) >= 11 is 0. The zero-order chi connectivity index (χ0) is 17.8. The van der Waals surface area contributed by atoms with E-state index in [0.29, 0.717) is 0 Å². The molecule has 0 rings (SSSR count). The van der Waals surface area contributed by atoms with Crippen LogP contribution in [0.1, 0.15) is 20.8 Å². The van der Waals surface area contributed by atoms with Crippen LogP contribution in [0.5, 0.6) is 0 Å². The monoisotopic (exact) mass is 348 g/mol. The maximum Gasteiger partial charge on any atom is 0 e. The molecular weight excluding hydrogens is 328 g/mol. The Labute approximate surface area is 142 Å². The molecule has 0 aliphatic heterocycles. The summed E-state index contributed by atoms with van der Waals surface area (Å²) in [6.07, 6.45) is 15.8. The molecule has 0 saturated heterocycles. The molecule has 0 aliphatic rings. The average Bonchev–Trinajstić information content (AvgIpc) is 2.54. The summed E-state index contributed by atoms with van der Waals surface area (Å²) < 4.78 is 15.0. The van der Waals surface area contributed by atoms with Gasteiger partial charge < -0.3 is 4.79 Å². The molecule has 0 amide bonds. The molecule has 0 atom stereocenters. The molecule has 122 valence electrons. The zero-order valence-electron chi connectivity index (χ0n) is 12.7. The van der Waals surface area contributed by atoms with Crippen molar-refractivity contribution in [2.45, 2.75) is 20.8 Å². The fourth-order valence-electron chi connectivity index (χ4n) is 0.441. The Hall–Kier alpha value is -2.03. The molecule has 0 heterocycles. The number of aldehydes is 3. The van der Waals surface area contributed by atoms with Crippen molar-refractivity contribution in [2.75, 3.05) is 0 Å². The van der Waals surface area contributed by atoms with E-state index in [0.717, 1.165) is 18.9 Å². The molecule has 0 N–H and O–H groups in total. The Kier molecular flexibility index (Phi) is 127. The van der Waals surface area contributed by atoms with Gasteiger partial charge in [-0.1, -0.05) is 36.5 Å². The quantitative estimate of drug-likeness (QED) is 0.195. The first-order chi connectivity index (χ1) is 10.2. The van der Waals surface area contributed by atoms with E-state index in [2.05, 4.69) is 13.3 Å². The molecular formula is C16H20FeO5. The third kappa shape index (κ3) is 145. The van der Waals surface area contributed by atoms with Gasteiger partial charge in [0, 0.05) is 17.1 Å². The number of allylic oxidation sites excluding steroid dienone is 8. The van der Waals surface area contributed by atoms with E-state index in [1.54, 1.807) is 24.3 Å². The van der Waals surface area contributed by atoms with Gasteiger partial charge in [0.1, 0.15) is 18.9 Å². The Morgan fingerprint density at radius 1 is 0.591 bits per heavy atom. The minimum atomic E-state index is 0. The summed E-state index contributed by atoms with van der Waals surface area (Å²) in [5.41, 5.74) is 0. The van der Waals surface area contributed by atoms with Crippen LogP contribution in [0.25, 0.3) is 0 Å². The molecule has 6 heteroatoms. The van der Waals surface area contributed by atoms with Gasteiger partial charge in [-0.3, -0.25) is 9.59 Å². The second-order valence-electron chi connectivity index (χ2n) is 2.33. The Morgan fingerprint density at radius 2 is 0.818 bits per heavy atom. The van der Waals surface area contributed by atoms with Crippen LogP contribution in [-0.2, 0) is 40.8 Å². The van der Waals surface area contributed by atoms with Crippen molar-refractivity contribution in [2.24, 2.45) is 0 Å². The van der Waals surface area contributed by atoms with Gasteiger partial charge in [0.25, 0.3) is 0 Å². The van der Waals surface area contributed by atoms with Crippen molar-refractivity contribution in [3.8, 4) is 0 Å². The first kappa shape index (κ1) is 36.8. The molecule has 0 fully saturated rings. The predicted octanol–water partition coefficient (Wildman–Crippen LogP) is 2.76. The molecule has 0 aromatic heterocycles. The van der Waals surface area contributed by atoms with Gasteiger partial charge in [-0.25, -0.2) is 0 Å². The molecule has 0 saturated carbocycles. The van der Waals surface area contributed by atoms with Crippen LogP contribution in [0.15, 0.2) is 48.6 Å². The van der Waals surface area contributed by atoms with Crippen LogP contribution in [0, 0.1) is 13.3 Å². The fourth-order valence-corrected chi connectivity index (χ4v) is 0.441. The van der Waals surface area contributed by atoms with Crippen LogP contribution in [0.2, 0.25) is 0 Å². The summed E-state index contributed by atoms with van der Waals surface area (Å²) in [5, 5.41) is 0. The third-order valence-electron chi connectivity index (χ3n) is 0.986. The molecule has 0 unspecified atom stereocenters. The topological polar surface area (TPSA) is 91.0 Å². The van der Waals surface area contributed by atoms with E-state index < -0.39 is 0 Å².